The van der Waals surface area contributed by atoms with Crippen molar-refractivity contribution in [2.24, 2.45) is 0 Å². The third kappa shape index (κ3) is 3.93. The Morgan fingerprint density at radius 1 is 0.957 bits per heavy atom. The van der Waals surface area contributed by atoms with Crippen molar-refractivity contribution in [3.05, 3.63) is 64.2 Å². The van der Waals surface area contributed by atoms with E-state index in [-0.39, 0.29) is 11.5 Å². The third-order valence-corrected chi connectivity index (χ3v) is 4.02. The van der Waals surface area contributed by atoms with Gasteiger partial charge in [0.1, 0.15) is 11.5 Å². The summed E-state index contributed by atoms with van der Waals surface area (Å²) in [6.07, 6.45) is 3.80. The summed E-state index contributed by atoms with van der Waals surface area (Å²) in [4.78, 5) is 0. The second kappa shape index (κ2) is 6.47. The summed E-state index contributed by atoms with van der Waals surface area (Å²) in [5.41, 5.74) is 2.59. The Balaban J connectivity index is 2.60. The fourth-order valence-corrected chi connectivity index (χ4v) is 2.50. The molecular formula is C20H24O3. The van der Waals surface area contributed by atoms with Crippen LogP contribution in [0.15, 0.2) is 36.4 Å². The Hall–Kier alpha value is -2.26. The first-order chi connectivity index (χ1) is 10.7. The van der Waals surface area contributed by atoms with Crippen LogP contribution in [0.25, 0.3) is 6.08 Å². The first kappa shape index (κ1) is 17.1. The molecule has 0 unspecified atom stereocenters. The summed E-state index contributed by atoms with van der Waals surface area (Å²) < 4.78 is 0. The molecule has 122 valence electrons. The van der Waals surface area contributed by atoms with Gasteiger partial charge in [-0.1, -0.05) is 42.5 Å². The molecule has 0 aliphatic carbocycles. The minimum Gasteiger partial charge on any atom is -0.507 e. The van der Waals surface area contributed by atoms with Crippen molar-refractivity contribution in [2.75, 3.05) is 0 Å². The molecule has 0 saturated carbocycles. The number of hydrogen-bond donors (Lipinski definition) is 3. The van der Waals surface area contributed by atoms with Crippen LogP contribution in [-0.4, -0.2) is 20.9 Å². The minimum atomic E-state index is -0.995. The standard InChI is InChI=1S/C20H24O3/c1-13-14(2)19(22)17(12-15-8-6-5-7-9-15)16(18(13)21)10-11-20(3,4)23/h5-11,21-23H,12H2,1-4H3/b11-10+. The van der Waals surface area contributed by atoms with Gasteiger partial charge in [-0.2, -0.15) is 0 Å². The van der Waals surface area contributed by atoms with E-state index in [1.807, 2.05) is 30.3 Å². The van der Waals surface area contributed by atoms with Gasteiger partial charge in [-0.05, 0) is 44.4 Å². The van der Waals surface area contributed by atoms with E-state index in [1.165, 1.54) is 0 Å². The third-order valence-electron chi connectivity index (χ3n) is 4.02. The molecule has 0 atom stereocenters. The largest absolute Gasteiger partial charge is 0.507 e. The molecule has 0 aliphatic heterocycles. The summed E-state index contributed by atoms with van der Waals surface area (Å²) >= 11 is 0. The van der Waals surface area contributed by atoms with Crippen LogP contribution in [0.5, 0.6) is 11.5 Å². The molecule has 3 N–H and O–H groups in total. The van der Waals surface area contributed by atoms with Gasteiger partial charge in [0, 0.05) is 17.5 Å². The summed E-state index contributed by atoms with van der Waals surface area (Å²) in [7, 11) is 0. The molecular weight excluding hydrogens is 288 g/mol. The van der Waals surface area contributed by atoms with Gasteiger partial charge in [0.05, 0.1) is 5.60 Å². The molecule has 0 fully saturated rings. The van der Waals surface area contributed by atoms with Crippen molar-refractivity contribution >= 4 is 6.08 Å². The van der Waals surface area contributed by atoms with Gasteiger partial charge in [0.25, 0.3) is 0 Å². The van der Waals surface area contributed by atoms with Gasteiger partial charge in [0.15, 0.2) is 0 Å². The number of phenolic OH excluding ortho intramolecular Hbond substituents is 2. The quantitative estimate of drug-likeness (QED) is 0.745. The van der Waals surface area contributed by atoms with Crippen LogP contribution in [0.1, 0.15) is 41.7 Å². The Kier molecular flexibility index (Phi) is 4.81. The fraction of sp³-hybridized carbons (Fsp3) is 0.300. The Morgan fingerprint density at radius 2 is 1.52 bits per heavy atom. The summed E-state index contributed by atoms with van der Waals surface area (Å²) in [6, 6.07) is 9.79. The zero-order chi connectivity index (χ0) is 17.2. The summed E-state index contributed by atoms with van der Waals surface area (Å²) in [6.45, 7) is 6.90. The molecule has 3 nitrogen and oxygen atoms in total. The molecule has 0 bridgehead atoms. The van der Waals surface area contributed by atoms with E-state index in [4.69, 9.17) is 0 Å². The minimum absolute atomic E-state index is 0.145. The van der Waals surface area contributed by atoms with Crippen LogP contribution in [-0.2, 0) is 6.42 Å². The monoisotopic (exact) mass is 312 g/mol. The van der Waals surface area contributed by atoms with Crippen molar-refractivity contribution in [2.45, 2.75) is 39.7 Å². The van der Waals surface area contributed by atoms with Gasteiger partial charge in [0.2, 0.25) is 0 Å². The lowest BCUT2D eigenvalue weighted by Gasteiger charge is -2.18. The smallest absolute Gasteiger partial charge is 0.126 e. The molecule has 0 radical (unpaired) electrons. The van der Waals surface area contributed by atoms with E-state index in [0.29, 0.717) is 28.7 Å². The molecule has 0 saturated heterocycles. The van der Waals surface area contributed by atoms with Gasteiger partial charge in [-0.3, -0.25) is 0 Å². The Morgan fingerprint density at radius 3 is 2.09 bits per heavy atom. The predicted octanol–water partition coefficient (Wildman–Crippen LogP) is 4.09. The van der Waals surface area contributed by atoms with Crippen molar-refractivity contribution in [1.82, 2.24) is 0 Å². The van der Waals surface area contributed by atoms with Gasteiger partial charge in [-0.15, -0.1) is 0 Å². The number of hydrogen-bond acceptors (Lipinski definition) is 3. The number of rotatable bonds is 4. The second-order valence-electron chi connectivity index (χ2n) is 6.49. The maximum Gasteiger partial charge on any atom is 0.126 e. The van der Waals surface area contributed by atoms with E-state index in [1.54, 1.807) is 39.8 Å². The normalized spacial score (nSPS) is 12.0. The average molecular weight is 312 g/mol. The molecule has 2 rings (SSSR count). The van der Waals surface area contributed by atoms with Crippen LogP contribution in [0.3, 0.4) is 0 Å². The SMILES string of the molecule is Cc1c(C)c(O)c(Cc2ccccc2)c(/C=C/C(C)(C)O)c1O. The summed E-state index contributed by atoms with van der Waals surface area (Å²) in [5.74, 6) is 0.339. The molecule has 2 aromatic rings. The van der Waals surface area contributed by atoms with E-state index < -0.39 is 5.60 Å². The first-order valence-electron chi connectivity index (χ1n) is 7.70. The van der Waals surface area contributed by atoms with E-state index in [9.17, 15) is 15.3 Å². The molecule has 3 heteroatoms. The molecule has 0 heterocycles. The van der Waals surface area contributed by atoms with E-state index in [2.05, 4.69) is 0 Å². The summed E-state index contributed by atoms with van der Waals surface area (Å²) in [5, 5.41) is 31.0. The highest BCUT2D eigenvalue weighted by atomic mass is 16.3. The number of phenols is 2. The van der Waals surface area contributed by atoms with Crippen LogP contribution in [0.2, 0.25) is 0 Å². The van der Waals surface area contributed by atoms with E-state index in [0.717, 1.165) is 5.56 Å². The highest BCUT2D eigenvalue weighted by Crippen LogP contribution is 2.39. The van der Waals surface area contributed by atoms with Crippen LogP contribution in [0.4, 0.5) is 0 Å². The maximum atomic E-state index is 10.6. The lowest BCUT2D eigenvalue weighted by atomic mass is 9.91. The Labute approximate surface area is 137 Å². The number of benzene rings is 2. The second-order valence-corrected chi connectivity index (χ2v) is 6.49. The molecule has 0 amide bonds. The van der Waals surface area contributed by atoms with Crippen LogP contribution in [0, 0.1) is 13.8 Å². The predicted molar refractivity (Wildman–Crippen MR) is 93.8 cm³/mol. The first-order valence-corrected chi connectivity index (χ1v) is 7.70. The maximum absolute atomic E-state index is 10.6. The molecule has 23 heavy (non-hydrogen) atoms. The molecule has 0 aliphatic rings. The molecule has 0 spiro atoms. The topological polar surface area (TPSA) is 60.7 Å². The fourth-order valence-electron chi connectivity index (χ4n) is 2.50. The zero-order valence-corrected chi connectivity index (χ0v) is 14.1. The zero-order valence-electron chi connectivity index (χ0n) is 14.1. The highest BCUT2D eigenvalue weighted by Gasteiger charge is 2.19. The Bertz CT molecular complexity index is 723. The molecule has 0 aromatic heterocycles. The van der Waals surface area contributed by atoms with Crippen molar-refractivity contribution in [3.8, 4) is 11.5 Å². The number of aliphatic hydroxyl groups is 1. The van der Waals surface area contributed by atoms with Crippen molar-refractivity contribution in [1.29, 1.82) is 0 Å². The van der Waals surface area contributed by atoms with Crippen LogP contribution >= 0.6 is 0 Å². The lowest BCUT2D eigenvalue weighted by Crippen LogP contribution is -2.13. The number of aromatic hydroxyl groups is 2. The van der Waals surface area contributed by atoms with Crippen LogP contribution < -0.4 is 0 Å². The molecule has 2 aromatic carbocycles. The van der Waals surface area contributed by atoms with Crippen molar-refractivity contribution < 1.29 is 15.3 Å². The highest BCUT2D eigenvalue weighted by molar-refractivity contribution is 5.70. The lowest BCUT2D eigenvalue weighted by molar-refractivity contribution is 0.134. The van der Waals surface area contributed by atoms with Gasteiger partial charge in [-0.25, -0.2) is 0 Å². The average Bonchev–Trinajstić information content (AvgIpc) is 2.50. The van der Waals surface area contributed by atoms with Gasteiger partial charge < -0.3 is 15.3 Å². The van der Waals surface area contributed by atoms with Crippen molar-refractivity contribution in [3.63, 3.8) is 0 Å². The van der Waals surface area contributed by atoms with Gasteiger partial charge >= 0.3 is 0 Å². The van der Waals surface area contributed by atoms with E-state index >= 15 is 0 Å².